The van der Waals surface area contributed by atoms with Gasteiger partial charge in [-0.05, 0) is 37.6 Å². The van der Waals surface area contributed by atoms with E-state index in [1.807, 2.05) is 29.9 Å². The molecule has 0 N–H and O–H groups in total. The van der Waals surface area contributed by atoms with Gasteiger partial charge < -0.3 is 0 Å². The van der Waals surface area contributed by atoms with Gasteiger partial charge in [-0.3, -0.25) is 9.97 Å². The van der Waals surface area contributed by atoms with Gasteiger partial charge in [0.25, 0.3) is 0 Å². The molecule has 5 nitrogen and oxygen atoms in total. The smallest absolute Gasteiger partial charge is 0.165 e. The second-order valence-electron chi connectivity index (χ2n) is 5.70. The van der Waals surface area contributed by atoms with E-state index >= 15 is 0 Å². The molecule has 3 aromatic heterocycles. The molecule has 0 aromatic carbocycles. The first-order chi connectivity index (χ1) is 10.6. The summed E-state index contributed by atoms with van der Waals surface area (Å²) in [6.45, 7) is 8.24. The molecule has 0 saturated carbocycles. The molecular weight excluding hydrogens is 274 g/mol. The van der Waals surface area contributed by atoms with Crippen molar-refractivity contribution in [1.29, 1.82) is 0 Å². The van der Waals surface area contributed by atoms with Crippen LogP contribution in [-0.4, -0.2) is 24.7 Å². The lowest BCUT2D eigenvalue weighted by Gasteiger charge is -2.06. The first-order valence-electron chi connectivity index (χ1n) is 7.37. The van der Waals surface area contributed by atoms with E-state index in [4.69, 9.17) is 4.98 Å². The van der Waals surface area contributed by atoms with Crippen LogP contribution in [0.15, 0.2) is 36.8 Å². The minimum atomic E-state index is 0.260. The van der Waals surface area contributed by atoms with Crippen LogP contribution in [0, 0.1) is 13.8 Å². The molecule has 0 saturated heterocycles. The largest absolute Gasteiger partial charge is 0.262 e. The third-order valence-electron chi connectivity index (χ3n) is 3.63. The SMILES string of the molecule is Cc1cc(-c2nc(C(C)C)nn2-c2cccnc2)cnc1C. The van der Waals surface area contributed by atoms with Crippen molar-refractivity contribution in [3.8, 4) is 17.1 Å². The Morgan fingerprint density at radius 2 is 1.95 bits per heavy atom. The summed E-state index contributed by atoms with van der Waals surface area (Å²) < 4.78 is 1.84. The Hall–Kier alpha value is -2.56. The Labute approximate surface area is 130 Å². The highest BCUT2D eigenvalue weighted by atomic mass is 15.4. The number of rotatable bonds is 3. The maximum absolute atomic E-state index is 4.71. The highest BCUT2D eigenvalue weighted by Crippen LogP contribution is 2.24. The molecule has 3 heterocycles. The van der Waals surface area contributed by atoms with Gasteiger partial charge in [0.05, 0.1) is 11.9 Å². The van der Waals surface area contributed by atoms with Crippen molar-refractivity contribution in [1.82, 2.24) is 24.7 Å². The lowest BCUT2D eigenvalue weighted by atomic mass is 10.1. The van der Waals surface area contributed by atoms with E-state index in [0.29, 0.717) is 0 Å². The molecule has 0 aliphatic carbocycles. The second-order valence-corrected chi connectivity index (χ2v) is 5.70. The lowest BCUT2D eigenvalue weighted by Crippen LogP contribution is -2.01. The van der Waals surface area contributed by atoms with Gasteiger partial charge in [0, 0.05) is 29.6 Å². The summed E-state index contributed by atoms with van der Waals surface area (Å²) in [5.74, 6) is 1.88. The predicted octanol–water partition coefficient (Wildman–Crippen LogP) is 3.46. The zero-order valence-corrected chi connectivity index (χ0v) is 13.3. The molecule has 0 unspecified atom stereocenters. The monoisotopic (exact) mass is 293 g/mol. The van der Waals surface area contributed by atoms with E-state index in [9.17, 15) is 0 Å². The molecule has 0 spiro atoms. The van der Waals surface area contributed by atoms with E-state index in [-0.39, 0.29) is 5.92 Å². The predicted molar refractivity (Wildman–Crippen MR) is 85.9 cm³/mol. The van der Waals surface area contributed by atoms with Crippen molar-refractivity contribution >= 4 is 0 Å². The van der Waals surface area contributed by atoms with Crippen molar-refractivity contribution in [2.75, 3.05) is 0 Å². The van der Waals surface area contributed by atoms with Crippen molar-refractivity contribution in [3.05, 3.63) is 53.9 Å². The van der Waals surface area contributed by atoms with Gasteiger partial charge >= 0.3 is 0 Å². The standard InChI is InChI=1S/C17H19N5/c1-11(2)16-20-17(14-8-12(3)13(4)19-9-14)22(21-16)15-6-5-7-18-10-15/h5-11H,1-4H3. The van der Waals surface area contributed by atoms with Gasteiger partial charge in [-0.25, -0.2) is 9.67 Å². The first-order valence-corrected chi connectivity index (χ1v) is 7.37. The summed E-state index contributed by atoms with van der Waals surface area (Å²) in [4.78, 5) is 13.3. The third-order valence-corrected chi connectivity index (χ3v) is 3.63. The fourth-order valence-electron chi connectivity index (χ4n) is 2.18. The van der Waals surface area contributed by atoms with Gasteiger partial charge in [-0.2, -0.15) is 5.10 Å². The van der Waals surface area contributed by atoms with Crippen LogP contribution in [0.3, 0.4) is 0 Å². The number of hydrogen-bond acceptors (Lipinski definition) is 4. The molecule has 0 aliphatic heterocycles. The number of aryl methyl sites for hydroxylation is 2. The normalized spacial score (nSPS) is 11.1. The molecule has 5 heteroatoms. The zero-order chi connectivity index (χ0) is 15.7. The van der Waals surface area contributed by atoms with E-state index in [0.717, 1.165) is 34.2 Å². The Morgan fingerprint density at radius 3 is 2.59 bits per heavy atom. The van der Waals surface area contributed by atoms with Crippen LogP contribution in [-0.2, 0) is 0 Å². The molecule has 0 radical (unpaired) electrons. The van der Waals surface area contributed by atoms with E-state index in [2.05, 4.69) is 41.9 Å². The first kappa shape index (κ1) is 14.4. The van der Waals surface area contributed by atoms with E-state index < -0.39 is 0 Å². The van der Waals surface area contributed by atoms with Crippen LogP contribution >= 0.6 is 0 Å². The molecule has 0 bridgehead atoms. The quantitative estimate of drug-likeness (QED) is 0.742. The summed E-state index contributed by atoms with van der Waals surface area (Å²) >= 11 is 0. The molecule has 0 amide bonds. The van der Waals surface area contributed by atoms with Crippen LogP contribution in [0.2, 0.25) is 0 Å². The number of hydrogen-bond donors (Lipinski definition) is 0. The molecule has 22 heavy (non-hydrogen) atoms. The van der Waals surface area contributed by atoms with Crippen LogP contribution < -0.4 is 0 Å². The van der Waals surface area contributed by atoms with Crippen LogP contribution in [0.5, 0.6) is 0 Å². The van der Waals surface area contributed by atoms with Crippen LogP contribution in [0.1, 0.15) is 36.8 Å². The highest BCUT2D eigenvalue weighted by molar-refractivity contribution is 5.58. The molecular formula is C17H19N5. The van der Waals surface area contributed by atoms with Crippen molar-refractivity contribution in [3.63, 3.8) is 0 Å². The Kier molecular flexibility index (Phi) is 3.71. The molecule has 0 aliphatic rings. The van der Waals surface area contributed by atoms with Crippen LogP contribution in [0.25, 0.3) is 17.1 Å². The summed E-state index contributed by atoms with van der Waals surface area (Å²) in [6, 6.07) is 5.97. The molecule has 112 valence electrons. The van der Waals surface area contributed by atoms with Crippen LogP contribution in [0.4, 0.5) is 0 Å². The summed E-state index contributed by atoms with van der Waals surface area (Å²) in [5.41, 5.74) is 4.03. The van der Waals surface area contributed by atoms with Crippen molar-refractivity contribution in [2.24, 2.45) is 0 Å². The number of pyridine rings is 2. The fraction of sp³-hybridized carbons (Fsp3) is 0.294. The second kappa shape index (κ2) is 5.67. The lowest BCUT2D eigenvalue weighted by molar-refractivity contribution is 0.753. The van der Waals surface area contributed by atoms with Gasteiger partial charge in [-0.1, -0.05) is 13.8 Å². The maximum Gasteiger partial charge on any atom is 0.165 e. The molecule has 0 fully saturated rings. The summed E-state index contributed by atoms with van der Waals surface area (Å²) in [5, 5.41) is 4.65. The van der Waals surface area contributed by atoms with Gasteiger partial charge in [0.15, 0.2) is 11.6 Å². The molecule has 3 aromatic rings. The van der Waals surface area contributed by atoms with Crippen molar-refractivity contribution < 1.29 is 0 Å². The maximum atomic E-state index is 4.71. The minimum absolute atomic E-state index is 0.260. The zero-order valence-electron chi connectivity index (χ0n) is 13.3. The van der Waals surface area contributed by atoms with Gasteiger partial charge in [0.2, 0.25) is 0 Å². The molecule has 3 rings (SSSR count). The van der Waals surface area contributed by atoms with Gasteiger partial charge in [-0.15, -0.1) is 0 Å². The summed E-state index contributed by atoms with van der Waals surface area (Å²) in [6.07, 6.45) is 5.39. The van der Waals surface area contributed by atoms with Gasteiger partial charge in [0.1, 0.15) is 0 Å². The van der Waals surface area contributed by atoms with Crippen molar-refractivity contribution in [2.45, 2.75) is 33.6 Å². The van der Waals surface area contributed by atoms with E-state index in [1.165, 1.54) is 0 Å². The third kappa shape index (κ3) is 2.62. The Morgan fingerprint density at radius 1 is 1.14 bits per heavy atom. The highest BCUT2D eigenvalue weighted by Gasteiger charge is 2.16. The average molecular weight is 293 g/mol. The van der Waals surface area contributed by atoms with E-state index in [1.54, 1.807) is 12.4 Å². The molecule has 0 atom stereocenters. The average Bonchev–Trinajstić information content (AvgIpc) is 2.96. The number of nitrogens with zero attached hydrogens (tertiary/aromatic N) is 5. The minimum Gasteiger partial charge on any atom is -0.262 e. The number of aromatic nitrogens is 5. The Bertz CT molecular complexity index is 790. The summed E-state index contributed by atoms with van der Waals surface area (Å²) in [7, 11) is 0. The Balaban J connectivity index is 2.19. The fourth-order valence-corrected chi connectivity index (χ4v) is 2.18. The topological polar surface area (TPSA) is 56.5 Å².